The van der Waals surface area contributed by atoms with Gasteiger partial charge in [-0.25, -0.2) is 8.42 Å². The Hall–Kier alpha value is -3.07. The van der Waals surface area contributed by atoms with Crippen LogP contribution in [-0.2, 0) is 32.6 Å². The van der Waals surface area contributed by atoms with Crippen LogP contribution in [0, 0.1) is 13.8 Å². The number of halogens is 2. The second kappa shape index (κ2) is 14.6. The van der Waals surface area contributed by atoms with Crippen molar-refractivity contribution in [1.82, 2.24) is 10.2 Å². The third kappa shape index (κ3) is 10.6. The van der Waals surface area contributed by atoms with E-state index in [-0.39, 0.29) is 44.2 Å². The van der Waals surface area contributed by atoms with Crippen molar-refractivity contribution in [1.29, 1.82) is 0 Å². The molecule has 0 fully saturated rings. The molecule has 232 valence electrons. The number of carbonyl (C=O) groups excluding carboxylic acids is 2. The lowest BCUT2D eigenvalue weighted by atomic mass is 10.00. The van der Waals surface area contributed by atoms with Crippen molar-refractivity contribution in [3.05, 3.63) is 99.0 Å². The standard InChI is InChI=1S/C33H41Cl2N3O4S/c1-23-17-24(2)19-28(18-23)38(43(6,41)42)16-10-13-31(39)37(22-26-14-15-27(34)21-29(26)35)30(32(40)36-33(3,4)5)20-25-11-8-7-9-12-25/h7-9,11-12,14-15,17-19,21,30H,10,13,16,20,22H2,1-6H3,(H,36,40)/t30-/m1/s1. The number of amides is 2. The van der Waals surface area contributed by atoms with Gasteiger partial charge in [0.1, 0.15) is 6.04 Å². The van der Waals surface area contributed by atoms with E-state index in [4.69, 9.17) is 23.2 Å². The SMILES string of the molecule is Cc1cc(C)cc(N(CCCC(=O)N(Cc2ccc(Cl)cc2Cl)[C@H](Cc2ccccc2)C(=O)NC(C)(C)C)S(C)(=O)=O)c1. The molecular formula is C33H41Cl2N3O4S. The molecule has 0 aliphatic heterocycles. The topological polar surface area (TPSA) is 86.8 Å². The fourth-order valence-corrected chi connectivity index (χ4v) is 6.36. The fourth-order valence-electron chi connectivity index (χ4n) is 4.94. The van der Waals surface area contributed by atoms with Crippen LogP contribution in [0.25, 0.3) is 0 Å². The highest BCUT2D eigenvalue weighted by atomic mass is 35.5. The molecule has 0 saturated carbocycles. The van der Waals surface area contributed by atoms with Gasteiger partial charge >= 0.3 is 0 Å². The molecule has 10 heteroatoms. The van der Waals surface area contributed by atoms with Crippen LogP contribution in [0.2, 0.25) is 10.0 Å². The van der Waals surface area contributed by atoms with Gasteiger partial charge in [-0.05, 0) is 87.6 Å². The van der Waals surface area contributed by atoms with E-state index in [1.165, 1.54) is 4.31 Å². The maximum absolute atomic E-state index is 14.0. The quantitative estimate of drug-likeness (QED) is 0.237. The molecule has 0 unspecified atom stereocenters. The molecular weight excluding hydrogens is 605 g/mol. The lowest BCUT2D eigenvalue weighted by molar-refractivity contribution is -0.142. The summed E-state index contributed by atoms with van der Waals surface area (Å²) in [5.41, 5.74) is 3.46. The van der Waals surface area contributed by atoms with E-state index in [9.17, 15) is 18.0 Å². The zero-order valence-electron chi connectivity index (χ0n) is 25.7. The van der Waals surface area contributed by atoms with Gasteiger partial charge < -0.3 is 10.2 Å². The van der Waals surface area contributed by atoms with Gasteiger partial charge in [-0.3, -0.25) is 13.9 Å². The third-order valence-electron chi connectivity index (χ3n) is 6.77. The number of hydrogen-bond acceptors (Lipinski definition) is 4. The third-order valence-corrected chi connectivity index (χ3v) is 8.55. The zero-order valence-corrected chi connectivity index (χ0v) is 28.0. The second-order valence-electron chi connectivity index (χ2n) is 12.0. The highest BCUT2D eigenvalue weighted by molar-refractivity contribution is 7.92. The van der Waals surface area contributed by atoms with Crippen LogP contribution in [0.1, 0.15) is 55.9 Å². The molecule has 1 atom stereocenters. The van der Waals surface area contributed by atoms with Crippen LogP contribution < -0.4 is 9.62 Å². The normalized spacial score (nSPS) is 12.5. The number of nitrogens with one attached hydrogen (secondary N) is 1. The average molecular weight is 647 g/mol. The van der Waals surface area contributed by atoms with Crippen LogP contribution in [0.15, 0.2) is 66.7 Å². The highest BCUT2D eigenvalue weighted by Crippen LogP contribution is 2.26. The molecule has 2 amide bonds. The van der Waals surface area contributed by atoms with Crippen LogP contribution in [0.5, 0.6) is 0 Å². The van der Waals surface area contributed by atoms with Crippen molar-refractivity contribution in [2.45, 2.75) is 72.0 Å². The van der Waals surface area contributed by atoms with Gasteiger partial charge in [0.25, 0.3) is 0 Å². The minimum Gasteiger partial charge on any atom is -0.350 e. The molecule has 0 aromatic heterocycles. The van der Waals surface area contributed by atoms with Crippen molar-refractivity contribution < 1.29 is 18.0 Å². The van der Waals surface area contributed by atoms with Gasteiger partial charge in [0.2, 0.25) is 21.8 Å². The molecule has 0 spiro atoms. The summed E-state index contributed by atoms with van der Waals surface area (Å²) in [6.45, 7) is 9.68. The monoisotopic (exact) mass is 645 g/mol. The van der Waals surface area contributed by atoms with Gasteiger partial charge in [0, 0.05) is 41.5 Å². The van der Waals surface area contributed by atoms with Gasteiger partial charge in [0.15, 0.2) is 0 Å². The Balaban J connectivity index is 1.94. The smallest absolute Gasteiger partial charge is 0.243 e. The fraction of sp³-hybridized carbons (Fsp3) is 0.394. The Morgan fingerprint density at radius 2 is 1.56 bits per heavy atom. The molecule has 1 N–H and O–H groups in total. The number of benzene rings is 3. The number of sulfonamides is 1. The van der Waals surface area contributed by atoms with E-state index in [0.29, 0.717) is 21.3 Å². The maximum Gasteiger partial charge on any atom is 0.243 e. The van der Waals surface area contributed by atoms with Gasteiger partial charge in [-0.1, -0.05) is 65.7 Å². The van der Waals surface area contributed by atoms with Crippen LogP contribution >= 0.6 is 23.2 Å². The van der Waals surface area contributed by atoms with Crippen molar-refractivity contribution in [2.24, 2.45) is 0 Å². The van der Waals surface area contributed by atoms with E-state index in [2.05, 4.69) is 5.32 Å². The summed E-state index contributed by atoms with van der Waals surface area (Å²) in [5.74, 6) is -0.576. The lowest BCUT2D eigenvalue weighted by Gasteiger charge is -2.34. The van der Waals surface area contributed by atoms with E-state index < -0.39 is 21.6 Å². The Labute approximate surface area is 266 Å². The van der Waals surface area contributed by atoms with E-state index in [1.807, 2.05) is 83.1 Å². The first-order valence-electron chi connectivity index (χ1n) is 14.2. The Morgan fingerprint density at radius 1 is 0.930 bits per heavy atom. The van der Waals surface area contributed by atoms with Gasteiger partial charge in [-0.15, -0.1) is 0 Å². The zero-order chi connectivity index (χ0) is 31.9. The number of carbonyl (C=O) groups is 2. The van der Waals surface area contributed by atoms with E-state index in [0.717, 1.165) is 22.9 Å². The molecule has 0 aliphatic carbocycles. The van der Waals surface area contributed by atoms with Crippen molar-refractivity contribution >= 4 is 50.7 Å². The van der Waals surface area contributed by atoms with Crippen molar-refractivity contribution in [3.8, 4) is 0 Å². The first-order valence-corrected chi connectivity index (χ1v) is 16.8. The summed E-state index contributed by atoms with van der Waals surface area (Å²) in [5, 5.41) is 3.89. The molecule has 3 aromatic carbocycles. The summed E-state index contributed by atoms with van der Waals surface area (Å²) >= 11 is 12.7. The number of rotatable bonds is 12. The van der Waals surface area contributed by atoms with Crippen molar-refractivity contribution in [2.75, 3.05) is 17.1 Å². The molecule has 0 heterocycles. The average Bonchev–Trinajstić information content (AvgIpc) is 2.88. The number of anilines is 1. The summed E-state index contributed by atoms with van der Waals surface area (Å²) in [4.78, 5) is 29.3. The molecule has 0 aliphatic rings. The second-order valence-corrected chi connectivity index (χ2v) is 14.7. The first kappa shape index (κ1) is 34.4. The molecule has 0 saturated heterocycles. The summed E-state index contributed by atoms with van der Waals surface area (Å²) < 4.78 is 26.8. The molecule has 3 aromatic rings. The number of aryl methyl sites for hydroxylation is 2. The minimum absolute atomic E-state index is 0.0239. The summed E-state index contributed by atoms with van der Waals surface area (Å²) in [7, 11) is -3.60. The Bertz CT molecular complexity index is 1520. The molecule has 3 rings (SSSR count). The first-order chi connectivity index (χ1) is 20.0. The molecule has 0 bridgehead atoms. The molecule has 7 nitrogen and oxygen atoms in total. The number of nitrogens with zero attached hydrogens (tertiary/aromatic N) is 2. The summed E-state index contributed by atoms with van der Waals surface area (Å²) in [6.07, 6.45) is 1.73. The van der Waals surface area contributed by atoms with Crippen LogP contribution in [0.3, 0.4) is 0 Å². The van der Waals surface area contributed by atoms with Gasteiger partial charge in [-0.2, -0.15) is 0 Å². The predicted molar refractivity (Wildman–Crippen MR) is 176 cm³/mol. The largest absolute Gasteiger partial charge is 0.350 e. The minimum atomic E-state index is -3.60. The van der Waals surface area contributed by atoms with Gasteiger partial charge in [0.05, 0.1) is 11.9 Å². The Kier molecular flexibility index (Phi) is 11.7. The van der Waals surface area contributed by atoms with E-state index >= 15 is 0 Å². The maximum atomic E-state index is 14.0. The van der Waals surface area contributed by atoms with Crippen LogP contribution in [0.4, 0.5) is 5.69 Å². The van der Waals surface area contributed by atoms with E-state index in [1.54, 1.807) is 23.1 Å². The van der Waals surface area contributed by atoms with Crippen molar-refractivity contribution in [3.63, 3.8) is 0 Å². The van der Waals surface area contributed by atoms with Crippen LogP contribution in [-0.4, -0.2) is 49.5 Å². The summed E-state index contributed by atoms with van der Waals surface area (Å²) in [6, 6.07) is 19.3. The highest BCUT2D eigenvalue weighted by Gasteiger charge is 2.32. The molecule has 43 heavy (non-hydrogen) atoms. The Morgan fingerprint density at radius 3 is 2.12 bits per heavy atom. The number of hydrogen-bond donors (Lipinski definition) is 1. The molecule has 0 radical (unpaired) electrons. The lowest BCUT2D eigenvalue weighted by Crippen LogP contribution is -2.54. The predicted octanol–water partition coefficient (Wildman–Crippen LogP) is 6.71.